The van der Waals surface area contributed by atoms with Crippen molar-refractivity contribution in [3.8, 4) is 0 Å². The number of rotatable bonds is 5. The predicted octanol–water partition coefficient (Wildman–Crippen LogP) is 4.29. The first-order valence-electron chi connectivity index (χ1n) is 7.21. The molecule has 0 saturated carbocycles. The number of esters is 2. The van der Waals surface area contributed by atoms with Crippen LogP contribution in [0.3, 0.4) is 0 Å². The van der Waals surface area contributed by atoms with E-state index in [0.29, 0.717) is 22.2 Å². The van der Waals surface area contributed by atoms with Crippen LogP contribution in [0.4, 0.5) is 0 Å². The van der Waals surface area contributed by atoms with E-state index in [0.717, 1.165) is 11.1 Å². The van der Waals surface area contributed by atoms with E-state index >= 15 is 0 Å². The number of carbonyl (C=O) groups excluding carboxylic acids is 2. The summed E-state index contributed by atoms with van der Waals surface area (Å²) in [6, 6.07) is 12.3. The lowest BCUT2D eigenvalue weighted by Gasteiger charge is -2.09. The molecule has 2 aromatic rings. The molecule has 2 aromatic carbocycles. The van der Waals surface area contributed by atoms with Gasteiger partial charge in [-0.25, -0.2) is 9.59 Å². The molecule has 0 spiro atoms. The van der Waals surface area contributed by atoms with Gasteiger partial charge in [-0.2, -0.15) is 0 Å². The maximum absolute atomic E-state index is 12.1. The van der Waals surface area contributed by atoms with Gasteiger partial charge in [0, 0.05) is 10.0 Å². The van der Waals surface area contributed by atoms with Crippen molar-refractivity contribution in [1.29, 1.82) is 0 Å². The largest absolute Gasteiger partial charge is 0.462 e. The molecule has 0 aromatic heterocycles. The molecule has 0 aliphatic rings. The lowest BCUT2D eigenvalue weighted by Crippen LogP contribution is -2.08. The lowest BCUT2D eigenvalue weighted by molar-refractivity contribution is 0.0468. The quantitative estimate of drug-likeness (QED) is 0.730. The Balaban J connectivity index is 2.05. The number of ether oxygens (including phenoxy) is 2. The first kappa shape index (κ1) is 17.2. The highest BCUT2D eigenvalue weighted by atomic mass is 79.9. The van der Waals surface area contributed by atoms with Crippen LogP contribution in [0.2, 0.25) is 0 Å². The maximum Gasteiger partial charge on any atom is 0.338 e. The molecule has 5 heteroatoms. The summed E-state index contributed by atoms with van der Waals surface area (Å²) in [6.07, 6.45) is 0. The first-order valence-corrected chi connectivity index (χ1v) is 8.00. The number of halogens is 1. The molecule has 0 amide bonds. The standard InChI is InChI=1S/C18H17BrO4/c1-3-22-17(20)13-8-9-14(16(19)10-13)11-23-18(21)15-7-5-4-6-12(15)2/h4-10H,3,11H2,1-2H3. The summed E-state index contributed by atoms with van der Waals surface area (Å²) in [6.45, 7) is 4.07. The molecule has 0 aliphatic heterocycles. The van der Waals surface area contributed by atoms with E-state index in [-0.39, 0.29) is 18.5 Å². The molecule has 120 valence electrons. The summed E-state index contributed by atoms with van der Waals surface area (Å²) >= 11 is 3.39. The summed E-state index contributed by atoms with van der Waals surface area (Å²) in [4.78, 5) is 23.8. The second kappa shape index (κ2) is 7.92. The minimum absolute atomic E-state index is 0.122. The van der Waals surface area contributed by atoms with Gasteiger partial charge >= 0.3 is 11.9 Å². The molecule has 0 atom stereocenters. The Hall–Kier alpha value is -2.14. The molecular weight excluding hydrogens is 360 g/mol. The van der Waals surface area contributed by atoms with Crippen molar-refractivity contribution in [2.24, 2.45) is 0 Å². The van der Waals surface area contributed by atoms with Gasteiger partial charge in [-0.3, -0.25) is 0 Å². The van der Waals surface area contributed by atoms with E-state index in [1.54, 1.807) is 37.3 Å². The van der Waals surface area contributed by atoms with Crippen molar-refractivity contribution >= 4 is 27.9 Å². The Morgan fingerprint density at radius 2 is 1.78 bits per heavy atom. The van der Waals surface area contributed by atoms with Crippen molar-refractivity contribution in [3.63, 3.8) is 0 Å². The summed E-state index contributed by atoms with van der Waals surface area (Å²) in [7, 11) is 0. The van der Waals surface area contributed by atoms with Crippen LogP contribution in [0.1, 0.15) is 38.8 Å². The highest BCUT2D eigenvalue weighted by Gasteiger charge is 2.13. The monoisotopic (exact) mass is 376 g/mol. The predicted molar refractivity (Wildman–Crippen MR) is 90.4 cm³/mol. The summed E-state index contributed by atoms with van der Waals surface area (Å²) in [5.74, 6) is -0.749. The van der Waals surface area contributed by atoms with Crippen LogP contribution < -0.4 is 0 Å². The molecule has 0 fully saturated rings. The molecule has 0 bridgehead atoms. The van der Waals surface area contributed by atoms with Gasteiger partial charge in [0.15, 0.2) is 0 Å². The minimum Gasteiger partial charge on any atom is -0.462 e. The van der Waals surface area contributed by atoms with E-state index < -0.39 is 0 Å². The zero-order valence-electron chi connectivity index (χ0n) is 13.0. The number of hydrogen-bond acceptors (Lipinski definition) is 4. The minimum atomic E-state index is -0.378. The average Bonchev–Trinajstić information content (AvgIpc) is 2.54. The second-order valence-corrected chi connectivity index (χ2v) is 5.77. The highest BCUT2D eigenvalue weighted by molar-refractivity contribution is 9.10. The van der Waals surface area contributed by atoms with Crippen molar-refractivity contribution in [2.75, 3.05) is 6.61 Å². The summed E-state index contributed by atoms with van der Waals surface area (Å²) in [5.41, 5.74) is 2.65. The smallest absolute Gasteiger partial charge is 0.338 e. The van der Waals surface area contributed by atoms with Gasteiger partial charge in [0.1, 0.15) is 6.61 Å². The van der Waals surface area contributed by atoms with Crippen LogP contribution in [0, 0.1) is 6.92 Å². The van der Waals surface area contributed by atoms with Crippen LogP contribution >= 0.6 is 15.9 Å². The molecule has 0 unspecified atom stereocenters. The summed E-state index contributed by atoms with van der Waals surface area (Å²) in [5, 5.41) is 0. The zero-order valence-corrected chi connectivity index (χ0v) is 14.6. The Bertz CT molecular complexity index is 725. The van der Waals surface area contributed by atoms with Gasteiger partial charge in [0.2, 0.25) is 0 Å². The molecule has 0 saturated heterocycles. The zero-order chi connectivity index (χ0) is 16.8. The van der Waals surface area contributed by atoms with E-state index in [9.17, 15) is 9.59 Å². The van der Waals surface area contributed by atoms with Gasteiger partial charge < -0.3 is 9.47 Å². The highest BCUT2D eigenvalue weighted by Crippen LogP contribution is 2.21. The fourth-order valence-electron chi connectivity index (χ4n) is 2.03. The Morgan fingerprint density at radius 3 is 2.43 bits per heavy atom. The number of aryl methyl sites for hydroxylation is 1. The average molecular weight is 377 g/mol. The lowest BCUT2D eigenvalue weighted by atomic mass is 10.1. The van der Waals surface area contributed by atoms with Crippen LogP contribution in [0.25, 0.3) is 0 Å². The Labute approximate surface area is 143 Å². The van der Waals surface area contributed by atoms with Crippen molar-refractivity contribution in [3.05, 3.63) is 69.2 Å². The molecule has 0 N–H and O–H groups in total. The van der Waals surface area contributed by atoms with Gasteiger partial charge in [0.05, 0.1) is 17.7 Å². The maximum atomic E-state index is 12.1. The van der Waals surface area contributed by atoms with Crippen LogP contribution in [0.15, 0.2) is 46.9 Å². The SMILES string of the molecule is CCOC(=O)c1ccc(COC(=O)c2ccccc2C)c(Br)c1. The van der Waals surface area contributed by atoms with Crippen molar-refractivity contribution in [1.82, 2.24) is 0 Å². The number of carbonyl (C=O) groups is 2. The van der Waals surface area contributed by atoms with Gasteiger partial charge in [-0.1, -0.05) is 40.2 Å². The van der Waals surface area contributed by atoms with Crippen LogP contribution in [0.5, 0.6) is 0 Å². The molecule has 0 aliphatic carbocycles. The van der Waals surface area contributed by atoms with Gasteiger partial charge in [-0.05, 0) is 37.6 Å². The van der Waals surface area contributed by atoms with Gasteiger partial charge in [-0.15, -0.1) is 0 Å². The molecule has 0 radical (unpaired) electrons. The Morgan fingerprint density at radius 1 is 1.04 bits per heavy atom. The molecular formula is C18H17BrO4. The fraction of sp³-hybridized carbons (Fsp3) is 0.222. The van der Waals surface area contributed by atoms with E-state index in [4.69, 9.17) is 9.47 Å². The third-order valence-corrected chi connectivity index (χ3v) is 4.03. The number of hydrogen-bond donors (Lipinski definition) is 0. The molecule has 2 rings (SSSR count). The number of benzene rings is 2. The van der Waals surface area contributed by atoms with Crippen molar-refractivity contribution < 1.29 is 19.1 Å². The van der Waals surface area contributed by atoms with E-state index in [2.05, 4.69) is 15.9 Å². The van der Waals surface area contributed by atoms with Crippen molar-refractivity contribution in [2.45, 2.75) is 20.5 Å². The van der Waals surface area contributed by atoms with Gasteiger partial charge in [0.25, 0.3) is 0 Å². The fourth-order valence-corrected chi connectivity index (χ4v) is 2.52. The van der Waals surface area contributed by atoms with E-state index in [1.165, 1.54) is 0 Å². The molecule has 0 heterocycles. The Kier molecular flexibility index (Phi) is 5.93. The topological polar surface area (TPSA) is 52.6 Å². The molecule has 4 nitrogen and oxygen atoms in total. The summed E-state index contributed by atoms with van der Waals surface area (Å²) < 4.78 is 11.0. The van der Waals surface area contributed by atoms with Crippen LogP contribution in [-0.4, -0.2) is 18.5 Å². The third kappa shape index (κ3) is 4.42. The second-order valence-electron chi connectivity index (χ2n) is 4.92. The van der Waals surface area contributed by atoms with Crippen LogP contribution in [-0.2, 0) is 16.1 Å². The van der Waals surface area contributed by atoms with E-state index in [1.807, 2.05) is 19.1 Å². The molecule has 23 heavy (non-hydrogen) atoms. The third-order valence-electron chi connectivity index (χ3n) is 3.29. The normalized spacial score (nSPS) is 10.2. The first-order chi connectivity index (χ1) is 11.0.